The van der Waals surface area contributed by atoms with Gasteiger partial charge in [0, 0.05) is 38.1 Å². The van der Waals surface area contributed by atoms with Gasteiger partial charge < -0.3 is 14.3 Å². The maximum Gasteiger partial charge on any atom is 0.263 e. The van der Waals surface area contributed by atoms with Crippen molar-refractivity contribution in [3.05, 3.63) is 64.9 Å². The van der Waals surface area contributed by atoms with Crippen molar-refractivity contribution >= 4 is 28.9 Å². The molecule has 0 radical (unpaired) electrons. The second-order valence-electron chi connectivity index (χ2n) is 6.22. The van der Waals surface area contributed by atoms with E-state index in [1.807, 2.05) is 61.5 Å². The van der Waals surface area contributed by atoms with Crippen LogP contribution in [0.1, 0.15) is 16.1 Å². The Morgan fingerprint density at radius 3 is 2.23 bits per heavy atom. The SMILES string of the molecule is Cc1onc(-c2ccccc2Cl)c1C(=O)N(C)c1ccc(N(C)C)cc1. The van der Waals surface area contributed by atoms with Crippen LogP contribution in [0.25, 0.3) is 11.3 Å². The number of aryl methyl sites for hydroxylation is 1. The molecule has 0 fully saturated rings. The van der Waals surface area contributed by atoms with E-state index >= 15 is 0 Å². The first-order valence-electron chi connectivity index (χ1n) is 8.16. The molecule has 1 amide bonds. The van der Waals surface area contributed by atoms with E-state index in [0.29, 0.717) is 27.6 Å². The fourth-order valence-corrected chi connectivity index (χ4v) is 2.95. The zero-order valence-electron chi connectivity index (χ0n) is 15.2. The van der Waals surface area contributed by atoms with Crippen LogP contribution in [0.3, 0.4) is 0 Å². The van der Waals surface area contributed by atoms with Gasteiger partial charge in [0.2, 0.25) is 0 Å². The number of aromatic nitrogens is 1. The molecule has 0 atom stereocenters. The van der Waals surface area contributed by atoms with Gasteiger partial charge in [0.1, 0.15) is 17.0 Å². The Morgan fingerprint density at radius 2 is 1.62 bits per heavy atom. The molecule has 0 spiro atoms. The summed E-state index contributed by atoms with van der Waals surface area (Å²) in [6, 6.07) is 15.0. The smallest absolute Gasteiger partial charge is 0.263 e. The van der Waals surface area contributed by atoms with Crippen LogP contribution >= 0.6 is 11.6 Å². The van der Waals surface area contributed by atoms with E-state index in [1.54, 1.807) is 24.9 Å². The Labute approximate surface area is 157 Å². The summed E-state index contributed by atoms with van der Waals surface area (Å²) >= 11 is 6.28. The van der Waals surface area contributed by atoms with Gasteiger partial charge in [-0.3, -0.25) is 4.79 Å². The lowest BCUT2D eigenvalue weighted by Gasteiger charge is -2.19. The summed E-state index contributed by atoms with van der Waals surface area (Å²) in [5.41, 5.74) is 3.39. The molecule has 0 bridgehead atoms. The molecule has 0 saturated heterocycles. The fraction of sp³-hybridized carbons (Fsp3) is 0.200. The van der Waals surface area contributed by atoms with Crippen LogP contribution in [0.4, 0.5) is 11.4 Å². The first-order valence-corrected chi connectivity index (χ1v) is 8.54. The van der Waals surface area contributed by atoms with Crippen molar-refractivity contribution in [1.82, 2.24) is 5.16 Å². The molecule has 26 heavy (non-hydrogen) atoms. The van der Waals surface area contributed by atoms with Crippen molar-refractivity contribution in [3.8, 4) is 11.3 Å². The third-order valence-electron chi connectivity index (χ3n) is 4.26. The number of benzene rings is 2. The molecule has 3 aromatic rings. The van der Waals surface area contributed by atoms with E-state index in [0.717, 1.165) is 11.4 Å². The molecule has 3 rings (SSSR count). The molecule has 0 saturated carbocycles. The van der Waals surface area contributed by atoms with Crippen molar-refractivity contribution < 1.29 is 9.32 Å². The number of carbonyl (C=O) groups is 1. The predicted octanol–water partition coefficient (Wildman–Crippen LogP) is 4.65. The maximum atomic E-state index is 13.1. The lowest BCUT2D eigenvalue weighted by molar-refractivity contribution is 0.0992. The fourth-order valence-electron chi connectivity index (χ4n) is 2.72. The number of carbonyl (C=O) groups excluding carboxylic acids is 1. The topological polar surface area (TPSA) is 49.6 Å². The van der Waals surface area contributed by atoms with E-state index in [-0.39, 0.29) is 5.91 Å². The van der Waals surface area contributed by atoms with Gasteiger partial charge in [-0.25, -0.2) is 0 Å². The molecule has 0 N–H and O–H groups in total. The Kier molecular flexibility index (Phi) is 5.00. The van der Waals surface area contributed by atoms with Crippen molar-refractivity contribution in [2.45, 2.75) is 6.92 Å². The van der Waals surface area contributed by atoms with Crippen LogP contribution in [0.2, 0.25) is 5.02 Å². The van der Waals surface area contributed by atoms with Gasteiger partial charge in [-0.05, 0) is 37.3 Å². The summed E-state index contributed by atoms with van der Waals surface area (Å²) in [5.74, 6) is 0.262. The summed E-state index contributed by atoms with van der Waals surface area (Å²) in [4.78, 5) is 16.7. The van der Waals surface area contributed by atoms with Gasteiger partial charge in [0.05, 0.1) is 5.02 Å². The van der Waals surface area contributed by atoms with Gasteiger partial charge >= 0.3 is 0 Å². The zero-order valence-corrected chi connectivity index (χ0v) is 15.9. The van der Waals surface area contributed by atoms with Crippen LogP contribution in [0.5, 0.6) is 0 Å². The van der Waals surface area contributed by atoms with Crippen LogP contribution in [-0.4, -0.2) is 32.2 Å². The number of amides is 1. The lowest BCUT2D eigenvalue weighted by atomic mass is 10.0. The Balaban J connectivity index is 1.98. The monoisotopic (exact) mass is 369 g/mol. The zero-order chi connectivity index (χ0) is 18.8. The summed E-state index contributed by atoms with van der Waals surface area (Å²) in [6.45, 7) is 1.73. The molecule has 0 aliphatic carbocycles. The molecular formula is C20H20ClN3O2. The van der Waals surface area contributed by atoms with Gasteiger partial charge in [0.25, 0.3) is 5.91 Å². The van der Waals surface area contributed by atoms with Gasteiger partial charge in [0.15, 0.2) is 0 Å². The highest BCUT2D eigenvalue weighted by atomic mass is 35.5. The average Bonchev–Trinajstić information content (AvgIpc) is 3.02. The van der Waals surface area contributed by atoms with Crippen LogP contribution < -0.4 is 9.80 Å². The van der Waals surface area contributed by atoms with Gasteiger partial charge in [-0.1, -0.05) is 35.0 Å². The molecule has 0 aliphatic heterocycles. The number of halogens is 1. The molecule has 6 heteroatoms. The quantitative estimate of drug-likeness (QED) is 0.671. The molecular weight excluding hydrogens is 350 g/mol. The lowest BCUT2D eigenvalue weighted by Crippen LogP contribution is -2.27. The third kappa shape index (κ3) is 3.30. The van der Waals surface area contributed by atoms with Gasteiger partial charge in [-0.15, -0.1) is 0 Å². The molecule has 2 aromatic carbocycles. The standard InChI is InChI=1S/C20H20ClN3O2/c1-13-18(19(22-26-13)16-7-5-6-8-17(16)21)20(25)24(4)15-11-9-14(10-12-15)23(2)3/h5-12H,1-4H3. The Morgan fingerprint density at radius 1 is 1.00 bits per heavy atom. The molecule has 134 valence electrons. The highest BCUT2D eigenvalue weighted by Crippen LogP contribution is 2.32. The predicted molar refractivity (Wildman–Crippen MR) is 105 cm³/mol. The maximum absolute atomic E-state index is 13.1. The molecule has 1 aromatic heterocycles. The number of anilines is 2. The van der Waals surface area contributed by atoms with E-state index < -0.39 is 0 Å². The summed E-state index contributed by atoms with van der Waals surface area (Å²) in [7, 11) is 5.68. The molecule has 5 nitrogen and oxygen atoms in total. The highest BCUT2D eigenvalue weighted by Gasteiger charge is 2.26. The number of nitrogens with zero attached hydrogens (tertiary/aromatic N) is 3. The first kappa shape index (κ1) is 18.0. The van der Waals surface area contributed by atoms with E-state index in [4.69, 9.17) is 16.1 Å². The van der Waals surface area contributed by atoms with Gasteiger partial charge in [-0.2, -0.15) is 0 Å². The van der Waals surface area contributed by atoms with Crippen LogP contribution in [-0.2, 0) is 0 Å². The summed E-state index contributed by atoms with van der Waals surface area (Å²) in [5, 5.41) is 4.59. The Bertz CT molecular complexity index is 932. The van der Waals surface area contributed by atoms with Crippen molar-refractivity contribution in [2.24, 2.45) is 0 Å². The number of hydrogen-bond acceptors (Lipinski definition) is 4. The molecule has 1 heterocycles. The molecule has 0 aliphatic rings. The summed E-state index contributed by atoms with van der Waals surface area (Å²) in [6.07, 6.45) is 0. The minimum Gasteiger partial charge on any atom is -0.378 e. The van der Waals surface area contributed by atoms with Crippen molar-refractivity contribution in [2.75, 3.05) is 30.9 Å². The minimum absolute atomic E-state index is 0.198. The largest absolute Gasteiger partial charge is 0.378 e. The second-order valence-corrected chi connectivity index (χ2v) is 6.62. The normalized spacial score (nSPS) is 10.7. The van der Waals surface area contributed by atoms with Crippen LogP contribution in [0, 0.1) is 6.92 Å². The first-order chi connectivity index (χ1) is 12.4. The average molecular weight is 370 g/mol. The molecule has 0 unspecified atom stereocenters. The highest BCUT2D eigenvalue weighted by molar-refractivity contribution is 6.33. The van der Waals surface area contributed by atoms with Crippen molar-refractivity contribution in [3.63, 3.8) is 0 Å². The van der Waals surface area contributed by atoms with Crippen LogP contribution in [0.15, 0.2) is 53.1 Å². The number of rotatable bonds is 4. The number of hydrogen-bond donors (Lipinski definition) is 0. The third-order valence-corrected chi connectivity index (χ3v) is 4.59. The van der Waals surface area contributed by atoms with Crippen molar-refractivity contribution in [1.29, 1.82) is 0 Å². The Hall–Kier alpha value is -2.79. The van der Waals surface area contributed by atoms with E-state index in [9.17, 15) is 4.79 Å². The van der Waals surface area contributed by atoms with E-state index in [1.165, 1.54) is 0 Å². The summed E-state index contributed by atoms with van der Waals surface area (Å²) < 4.78 is 5.30. The minimum atomic E-state index is -0.198. The second kappa shape index (κ2) is 7.22. The van der Waals surface area contributed by atoms with E-state index in [2.05, 4.69) is 5.16 Å².